The number of rotatable bonds is 0. The number of ether oxygens (including phenoxy) is 2. The van der Waals surface area contributed by atoms with E-state index < -0.39 is 11.1 Å². The van der Waals surface area contributed by atoms with Gasteiger partial charge in [-0.3, -0.25) is 9.59 Å². The van der Waals surface area contributed by atoms with E-state index in [2.05, 4.69) is 46.4 Å². The standard InChI is InChI=1S/C30H45NO5/c1-16-9-19-14-31-29(12-16,35-19)8-7-28(6)27(5)13-23(33)36-30(28,31)15-26(4)21-10-17(2)22(32)11-20(21)18(3)24(34)25(26)27/h16-22,25,32H,7-15H2,1-6H3/t16-,17-,18+,19+,20-,21+,22-,25-,26-,27-,28-,29-,30+/m0/s1. The van der Waals surface area contributed by atoms with Crippen LogP contribution in [0.15, 0.2) is 0 Å². The average molecular weight is 500 g/mol. The van der Waals surface area contributed by atoms with Crippen LogP contribution in [0, 0.1) is 51.8 Å². The summed E-state index contributed by atoms with van der Waals surface area (Å²) in [5.41, 5.74) is -2.15. The van der Waals surface area contributed by atoms with E-state index in [1.807, 2.05) is 0 Å². The van der Waals surface area contributed by atoms with E-state index in [0.29, 0.717) is 36.9 Å². The van der Waals surface area contributed by atoms with Crippen molar-refractivity contribution < 1.29 is 24.2 Å². The third-order valence-corrected chi connectivity index (χ3v) is 13.4. The molecule has 7 aliphatic rings. The molecule has 4 bridgehead atoms. The summed E-state index contributed by atoms with van der Waals surface area (Å²) < 4.78 is 13.5. The van der Waals surface area contributed by atoms with Gasteiger partial charge in [0.2, 0.25) is 0 Å². The molecule has 200 valence electrons. The van der Waals surface area contributed by atoms with Crippen LogP contribution in [0.1, 0.15) is 92.9 Å². The van der Waals surface area contributed by atoms with E-state index in [4.69, 9.17) is 9.47 Å². The van der Waals surface area contributed by atoms with Gasteiger partial charge >= 0.3 is 5.97 Å². The average Bonchev–Trinajstić information content (AvgIpc) is 3.06. The van der Waals surface area contributed by atoms with Crippen LogP contribution in [0.2, 0.25) is 0 Å². The predicted molar refractivity (Wildman–Crippen MR) is 133 cm³/mol. The first-order valence-electron chi connectivity index (χ1n) is 14.7. The molecule has 3 saturated carbocycles. The van der Waals surface area contributed by atoms with Crippen LogP contribution < -0.4 is 0 Å². The van der Waals surface area contributed by atoms with Crippen molar-refractivity contribution in [1.82, 2.24) is 4.90 Å². The Labute approximate surface area is 215 Å². The summed E-state index contributed by atoms with van der Waals surface area (Å²) in [7, 11) is 0. The molecule has 1 spiro atoms. The van der Waals surface area contributed by atoms with Crippen molar-refractivity contribution in [1.29, 1.82) is 0 Å². The molecule has 0 aromatic heterocycles. The van der Waals surface area contributed by atoms with Crippen LogP contribution in [0.4, 0.5) is 0 Å². The lowest BCUT2D eigenvalue weighted by atomic mass is 9.33. The first kappa shape index (κ1) is 24.1. The van der Waals surface area contributed by atoms with Gasteiger partial charge in [-0.15, -0.1) is 0 Å². The number of fused-ring (bicyclic) bond motifs is 5. The highest BCUT2D eigenvalue weighted by Gasteiger charge is 2.82. The third kappa shape index (κ3) is 2.52. The molecule has 4 saturated heterocycles. The van der Waals surface area contributed by atoms with Crippen molar-refractivity contribution in [3.63, 3.8) is 0 Å². The number of ketones is 1. The highest BCUT2D eigenvalue weighted by Crippen LogP contribution is 2.78. The van der Waals surface area contributed by atoms with Gasteiger partial charge in [-0.1, -0.05) is 41.5 Å². The number of esters is 1. The van der Waals surface area contributed by atoms with Gasteiger partial charge in [-0.2, -0.15) is 0 Å². The number of aliphatic hydroxyl groups excluding tert-OH is 1. The third-order valence-electron chi connectivity index (χ3n) is 13.4. The summed E-state index contributed by atoms with van der Waals surface area (Å²) >= 11 is 0. The van der Waals surface area contributed by atoms with E-state index >= 15 is 0 Å². The molecule has 6 nitrogen and oxygen atoms in total. The number of nitrogens with zero attached hydrogens (tertiary/aromatic N) is 1. The van der Waals surface area contributed by atoms with E-state index in [-0.39, 0.29) is 58.4 Å². The summed E-state index contributed by atoms with van der Waals surface area (Å²) in [4.78, 5) is 30.5. The molecule has 4 heterocycles. The lowest BCUT2D eigenvalue weighted by molar-refractivity contribution is -0.381. The molecule has 0 amide bonds. The van der Waals surface area contributed by atoms with E-state index in [1.165, 1.54) is 0 Å². The van der Waals surface area contributed by atoms with Crippen molar-refractivity contribution in [2.45, 2.75) is 117 Å². The van der Waals surface area contributed by atoms with Gasteiger partial charge in [0, 0.05) is 30.2 Å². The fourth-order valence-corrected chi connectivity index (χ4v) is 11.7. The topological polar surface area (TPSA) is 76.1 Å². The largest absolute Gasteiger partial charge is 0.443 e. The van der Waals surface area contributed by atoms with Crippen molar-refractivity contribution in [2.24, 2.45) is 51.8 Å². The minimum Gasteiger partial charge on any atom is -0.443 e. The lowest BCUT2D eigenvalue weighted by Gasteiger charge is -2.77. The molecule has 0 radical (unpaired) electrons. The molecule has 3 aliphatic carbocycles. The predicted octanol–water partition coefficient (Wildman–Crippen LogP) is 4.53. The fourth-order valence-electron chi connectivity index (χ4n) is 11.7. The summed E-state index contributed by atoms with van der Waals surface area (Å²) in [5.74, 6) is 1.30. The Morgan fingerprint density at radius 1 is 1.03 bits per heavy atom. The van der Waals surface area contributed by atoms with Gasteiger partial charge in [0.1, 0.15) is 11.5 Å². The molecule has 0 aromatic carbocycles. The summed E-state index contributed by atoms with van der Waals surface area (Å²) in [5, 5.41) is 10.8. The zero-order chi connectivity index (χ0) is 25.6. The van der Waals surface area contributed by atoms with E-state index in [0.717, 1.165) is 38.6 Å². The first-order chi connectivity index (χ1) is 16.8. The summed E-state index contributed by atoms with van der Waals surface area (Å²) in [6.07, 6.45) is 6.44. The van der Waals surface area contributed by atoms with Gasteiger partial charge in [0.15, 0.2) is 5.72 Å². The molecule has 7 fully saturated rings. The molecule has 4 aliphatic heterocycles. The smallest absolute Gasteiger partial charge is 0.308 e. The van der Waals surface area contributed by atoms with E-state index in [1.54, 1.807) is 0 Å². The SMILES string of the molecule is C[C@H]1C[C@@H]2CN3[C@](CC[C@@]4(C)[C@@]5(C)CC(=O)O[C@@]34C[C@@]3(C)[C@@H]4C[C@H](C)[C@@H](O)C[C@H]4[C@@H](C)C(=O)[C@@H]35)(C1)O2. The van der Waals surface area contributed by atoms with Crippen LogP contribution in [0.5, 0.6) is 0 Å². The number of hydrogen-bond donors (Lipinski definition) is 1. The highest BCUT2D eigenvalue weighted by molar-refractivity contribution is 5.88. The number of Topliss-reactive ketones (excluding diaryl/α,β-unsaturated/α-hetero) is 1. The molecule has 6 heteroatoms. The van der Waals surface area contributed by atoms with Gasteiger partial charge in [0.25, 0.3) is 0 Å². The van der Waals surface area contributed by atoms with Crippen LogP contribution in [0.25, 0.3) is 0 Å². The lowest BCUT2D eigenvalue weighted by Crippen LogP contribution is -2.83. The minimum absolute atomic E-state index is 0.0776. The Balaban J connectivity index is 1.43. The maximum Gasteiger partial charge on any atom is 0.308 e. The van der Waals surface area contributed by atoms with Crippen molar-refractivity contribution in [3.05, 3.63) is 0 Å². The second kappa shape index (κ2) is 6.96. The number of piperidine rings is 1. The summed E-state index contributed by atoms with van der Waals surface area (Å²) in [6, 6.07) is 0. The quantitative estimate of drug-likeness (QED) is 0.494. The van der Waals surface area contributed by atoms with Gasteiger partial charge in [0.05, 0.1) is 18.6 Å². The number of carbonyl (C=O) groups excluding carboxylic acids is 2. The van der Waals surface area contributed by atoms with Crippen LogP contribution in [0.3, 0.4) is 0 Å². The van der Waals surface area contributed by atoms with Crippen LogP contribution >= 0.6 is 0 Å². The first-order valence-corrected chi connectivity index (χ1v) is 14.7. The van der Waals surface area contributed by atoms with Crippen molar-refractivity contribution in [3.8, 4) is 0 Å². The Hall–Kier alpha value is -0.980. The van der Waals surface area contributed by atoms with Crippen LogP contribution in [-0.4, -0.2) is 52.0 Å². The molecule has 36 heavy (non-hydrogen) atoms. The molecule has 7 rings (SSSR count). The zero-order valence-corrected chi connectivity index (χ0v) is 23.0. The van der Waals surface area contributed by atoms with Crippen LogP contribution in [-0.2, 0) is 19.1 Å². The number of aliphatic hydroxyl groups is 1. The molecule has 0 aromatic rings. The minimum atomic E-state index is -0.746. The molecular weight excluding hydrogens is 454 g/mol. The van der Waals surface area contributed by atoms with Gasteiger partial charge < -0.3 is 14.6 Å². The number of hydrogen-bond acceptors (Lipinski definition) is 6. The second-order valence-electron chi connectivity index (χ2n) is 15.1. The highest BCUT2D eigenvalue weighted by atomic mass is 16.6. The Morgan fingerprint density at radius 2 is 1.78 bits per heavy atom. The van der Waals surface area contributed by atoms with Crippen molar-refractivity contribution in [2.75, 3.05) is 6.54 Å². The summed E-state index contributed by atoms with van der Waals surface area (Å²) in [6.45, 7) is 14.4. The molecule has 0 unspecified atom stereocenters. The number of carbonyl (C=O) groups is 2. The monoisotopic (exact) mass is 499 g/mol. The normalized spacial score (nSPS) is 62.0. The maximum absolute atomic E-state index is 14.4. The second-order valence-corrected chi connectivity index (χ2v) is 15.1. The fraction of sp³-hybridized carbons (Fsp3) is 0.933. The Bertz CT molecular complexity index is 1030. The van der Waals surface area contributed by atoms with E-state index in [9.17, 15) is 14.7 Å². The Kier molecular flexibility index (Phi) is 4.65. The van der Waals surface area contributed by atoms with Gasteiger partial charge in [-0.25, -0.2) is 4.90 Å². The molecular formula is C30H45NO5. The van der Waals surface area contributed by atoms with Crippen molar-refractivity contribution >= 4 is 11.8 Å². The zero-order valence-electron chi connectivity index (χ0n) is 23.0. The molecule has 13 atom stereocenters. The maximum atomic E-state index is 14.4. The Morgan fingerprint density at radius 3 is 2.53 bits per heavy atom. The molecule has 1 N–H and O–H groups in total. The van der Waals surface area contributed by atoms with Gasteiger partial charge in [-0.05, 0) is 73.0 Å².